The zero-order valence-electron chi connectivity index (χ0n) is 7.74. The van der Waals surface area contributed by atoms with E-state index < -0.39 is 0 Å². The van der Waals surface area contributed by atoms with Gasteiger partial charge in [0.25, 0.3) is 0 Å². The summed E-state index contributed by atoms with van der Waals surface area (Å²) in [4.78, 5) is 0. The quantitative estimate of drug-likeness (QED) is 0.527. The fourth-order valence-electron chi connectivity index (χ4n) is 2.99. The highest BCUT2D eigenvalue weighted by molar-refractivity contribution is 5.37. The molecule has 0 aromatic carbocycles. The number of hydrogen-bond acceptors (Lipinski definition) is 0. The molecule has 0 aromatic rings. The summed E-state index contributed by atoms with van der Waals surface area (Å²) in [5, 5.41) is 0. The van der Waals surface area contributed by atoms with Crippen LogP contribution >= 0.6 is 0 Å². The molecule has 0 saturated carbocycles. The third-order valence-electron chi connectivity index (χ3n) is 3.47. The lowest BCUT2D eigenvalue weighted by Crippen LogP contribution is -2.27. The topological polar surface area (TPSA) is 0 Å². The number of allylic oxidation sites excluding steroid dienone is 2. The highest BCUT2D eigenvalue weighted by Gasteiger charge is 2.41. The van der Waals surface area contributed by atoms with Crippen LogP contribution in [0.1, 0.15) is 52.4 Å². The Bertz CT molecular complexity index is 200. The number of rotatable bonds is 2. The Morgan fingerprint density at radius 3 is 2.82 bits per heavy atom. The summed E-state index contributed by atoms with van der Waals surface area (Å²) in [6, 6.07) is 0. The van der Waals surface area contributed by atoms with E-state index in [-0.39, 0.29) is 0 Å². The molecule has 0 saturated heterocycles. The normalized spacial score (nSPS) is 35.5. The molecule has 0 fully saturated rings. The zero-order chi connectivity index (χ0) is 7.90. The van der Waals surface area contributed by atoms with Crippen molar-refractivity contribution in [1.82, 2.24) is 0 Å². The van der Waals surface area contributed by atoms with E-state index in [0.29, 0.717) is 5.41 Å². The first kappa shape index (κ1) is 7.39. The van der Waals surface area contributed by atoms with Crippen molar-refractivity contribution in [2.75, 3.05) is 0 Å². The van der Waals surface area contributed by atoms with Gasteiger partial charge in [-0.05, 0) is 37.5 Å². The molecule has 0 nitrogen and oxygen atoms in total. The smallest absolute Gasteiger partial charge is 0.00766 e. The van der Waals surface area contributed by atoms with Crippen molar-refractivity contribution < 1.29 is 0 Å². The maximum atomic E-state index is 2.46. The van der Waals surface area contributed by atoms with Crippen molar-refractivity contribution in [2.45, 2.75) is 52.4 Å². The van der Waals surface area contributed by atoms with E-state index >= 15 is 0 Å². The molecule has 0 amide bonds. The molecule has 0 heteroatoms. The summed E-state index contributed by atoms with van der Waals surface area (Å²) >= 11 is 0. The van der Waals surface area contributed by atoms with Crippen LogP contribution in [0.4, 0.5) is 0 Å². The van der Waals surface area contributed by atoms with Gasteiger partial charge in [-0.15, -0.1) is 0 Å². The van der Waals surface area contributed by atoms with Crippen molar-refractivity contribution in [3.8, 4) is 0 Å². The Morgan fingerprint density at radius 1 is 1.36 bits per heavy atom. The zero-order valence-corrected chi connectivity index (χ0v) is 7.74. The van der Waals surface area contributed by atoms with Crippen LogP contribution in [0.3, 0.4) is 0 Å². The Kier molecular flexibility index (Phi) is 1.59. The van der Waals surface area contributed by atoms with Crippen LogP contribution in [0, 0.1) is 5.41 Å². The molecule has 0 N–H and O–H groups in total. The fraction of sp³-hybridized carbons (Fsp3) is 0.818. The van der Waals surface area contributed by atoms with Crippen LogP contribution in [0.25, 0.3) is 0 Å². The van der Waals surface area contributed by atoms with E-state index in [1.807, 2.05) is 11.1 Å². The fourth-order valence-corrected chi connectivity index (χ4v) is 2.99. The molecule has 0 bridgehead atoms. The molecule has 11 heavy (non-hydrogen) atoms. The highest BCUT2D eigenvalue weighted by Crippen LogP contribution is 2.56. The summed E-state index contributed by atoms with van der Waals surface area (Å²) in [5.41, 5.74) is 4.32. The average molecular weight is 150 g/mol. The second-order valence-electron chi connectivity index (χ2n) is 4.42. The van der Waals surface area contributed by atoms with Crippen molar-refractivity contribution in [3.05, 3.63) is 11.1 Å². The third kappa shape index (κ3) is 0.953. The molecule has 0 spiro atoms. The summed E-state index contributed by atoms with van der Waals surface area (Å²) in [6.07, 6.45) is 8.50. The van der Waals surface area contributed by atoms with E-state index in [9.17, 15) is 0 Å². The molecule has 0 aromatic heterocycles. The van der Waals surface area contributed by atoms with Gasteiger partial charge in [0.1, 0.15) is 0 Å². The minimum atomic E-state index is 0.653. The maximum Gasteiger partial charge on any atom is -0.00766 e. The van der Waals surface area contributed by atoms with Gasteiger partial charge in [-0.2, -0.15) is 0 Å². The van der Waals surface area contributed by atoms with E-state index in [0.717, 1.165) is 0 Å². The molecule has 0 aliphatic heterocycles. The van der Waals surface area contributed by atoms with Gasteiger partial charge in [0, 0.05) is 0 Å². The first-order valence-electron chi connectivity index (χ1n) is 4.97. The predicted molar refractivity (Wildman–Crippen MR) is 48.5 cm³/mol. The molecule has 2 rings (SSSR count). The van der Waals surface area contributed by atoms with Crippen molar-refractivity contribution in [3.63, 3.8) is 0 Å². The van der Waals surface area contributed by atoms with Gasteiger partial charge in [0.05, 0.1) is 0 Å². The van der Waals surface area contributed by atoms with Gasteiger partial charge < -0.3 is 0 Å². The monoisotopic (exact) mass is 150 g/mol. The van der Waals surface area contributed by atoms with E-state index in [1.165, 1.54) is 38.5 Å². The molecule has 2 aliphatic rings. The minimum Gasteiger partial charge on any atom is -0.0696 e. The molecule has 62 valence electrons. The number of hydrogen-bond donors (Lipinski definition) is 0. The van der Waals surface area contributed by atoms with Crippen LogP contribution < -0.4 is 0 Å². The lowest BCUT2D eigenvalue weighted by molar-refractivity contribution is 0.305. The van der Waals surface area contributed by atoms with Crippen molar-refractivity contribution in [2.24, 2.45) is 5.41 Å². The van der Waals surface area contributed by atoms with Crippen LogP contribution in [-0.2, 0) is 0 Å². The maximum absolute atomic E-state index is 2.46. The Balaban J connectivity index is 2.10. The van der Waals surface area contributed by atoms with Crippen LogP contribution in [-0.4, -0.2) is 0 Å². The van der Waals surface area contributed by atoms with Gasteiger partial charge >= 0.3 is 0 Å². The second kappa shape index (κ2) is 2.36. The highest BCUT2D eigenvalue weighted by atomic mass is 14.5. The molecule has 0 heterocycles. The van der Waals surface area contributed by atoms with E-state index in [2.05, 4.69) is 13.8 Å². The van der Waals surface area contributed by atoms with Crippen LogP contribution in [0.15, 0.2) is 11.1 Å². The minimum absolute atomic E-state index is 0.653. The van der Waals surface area contributed by atoms with Crippen molar-refractivity contribution in [1.29, 1.82) is 0 Å². The van der Waals surface area contributed by atoms with E-state index in [1.54, 1.807) is 0 Å². The Labute approximate surface area is 69.7 Å². The Morgan fingerprint density at radius 2 is 2.18 bits per heavy atom. The Hall–Kier alpha value is -0.260. The summed E-state index contributed by atoms with van der Waals surface area (Å²) in [7, 11) is 0. The third-order valence-corrected chi connectivity index (χ3v) is 3.47. The lowest BCUT2D eigenvalue weighted by atomic mass is 9.64. The summed E-state index contributed by atoms with van der Waals surface area (Å²) < 4.78 is 0. The first-order valence-corrected chi connectivity index (χ1v) is 4.97. The average Bonchev–Trinajstić information content (AvgIpc) is 2.32. The van der Waals surface area contributed by atoms with Crippen LogP contribution in [0.2, 0.25) is 0 Å². The summed E-state index contributed by atoms with van der Waals surface area (Å²) in [6.45, 7) is 4.76. The molecule has 1 unspecified atom stereocenters. The molecule has 0 radical (unpaired) electrons. The molecule has 1 atom stereocenters. The van der Waals surface area contributed by atoms with Crippen molar-refractivity contribution >= 4 is 0 Å². The van der Waals surface area contributed by atoms with Gasteiger partial charge in [-0.1, -0.05) is 31.4 Å². The SMILES string of the molecule is CCCC1(C)CC2=C1CCC2. The van der Waals surface area contributed by atoms with Crippen LogP contribution in [0.5, 0.6) is 0 Å². The van der Waals surface area contributed by atoms with Gasteiger partial charge in [-0.3, -0.25) is 0 Å². The molecular weight excluding hydrogens is 132 g/mol. The lowest BCUT2D eigenvalue weighted by Gasteiger charge is -2.41. The van der Waals surface area contributed by atoms with Gasteiger partial charge in [0.15, 0.2) is 0 Å². The van der Waals surface area contributed by atoms with Gasteiger partial charge in [0.2, 0.25) is 0 Å². The van der Waals surface area contributed by atoms with E-state index in [4.69, 9.17) is 0 Å². The predicted octanol–water partition coefficient (Wildman–Crippen LogP) is 3.68. The standard InChI is InChI=1S/C11H18/c1-3-7-11(2)8-9-5-4-6-10(9)11/h3-8H2,1-2H3. The molecular formula is C11H18. The largest absolute Gasteiger partial charge is 0.0696 e. The second-order valence-corrected chi connectivity index (χ2v) is 4.42. The molecule has 2 aliphatic carbocycles. The van der Waals surface area contributed by atoms with Gasteiger partial charge in [-0.25, -0.2) is 0 Å². The first-order chi connectivity index (χ1) is 5.26. The summed E-state index contributed by atoms with van der Waals surface area (Å²) in [5.74, 6) is 0.